The maximum Gasteiger partial charge on any atom is 0.0471 e. The van der Waals surface area contributed by atoms with Gasteiger partial charge in [-0.1, -0.05) is 18.2 Å². The van der Waals surface area contributed by atoms with Gasteiger partial charge in [0.05, 0.1) is 0 Å². The number of thiol groups is 1. The summed E-state index contributed by atoms with van der Waals surface area (Å²) in [6, 6.07) is 5.99. The molecule has 0 fully saturated rings. The zero-order valence-corrected chi connectivity index (χ0v) is 7.44. The Morgan fingerprint density at radius 3 is 2.82 bits per heavy atom. The maximum atomic E-state index is 8.70. The van der Waals surface area contributed by atoms with Crippen LogP contribution >= 0.6 is 12.6 Å². The van der Waals surface area contributed by atoms with Crippen LogP contribution < -0.4 is 0 Å². The van der Waals surface area contributed by atoms with Gasteiger partial charge < -0.3 is 5.11 Å². The molecule has 0 aromatic heterocycles. The van der Waals surface area contributed by atoms with Crippen LogP contribution in [0.4, 0.5) is 0 Å². The summed E-state index contributed by atoms with van der Waals surface area (Å²) < 4.78 is 0. The second-order valence-electron chi connectivity index (χ2n) is 2.56. The van der Waals surface area contributed by atoms with Crippen molar-refractivity contribution in [1.29, 1.82) is 0 Å². The van der Waals surface area contributed by atoms with Crippen molar-refractivity contribution in [2.24, 2.45) is 0 Å². The predicted octanol–water partition coefficient (Wildman–Crippen LogP) is 1.82. The Hall–Kier alpha value is -0.470. The van der Waals surface area contributed by atoms with E-state index in [1.807, 2.05) is 25.1 Å². The van der Waals surface area contributed by atoms with Crippen molar-refractivity contribution < 1.29 is 5.11 Å². The molecule has 0 aliphatic carbocycles. The smallest absolute Gasteiger partial charge is 0.0471 e. The second kappa shape index (κ2) is 3.79. The Balaban J connectivity index is 2.96. The lowest BCUT2D eigenvalue weighted by Gasteiger charge is -2.04. The first-order valence-corrected chi connectivity index (χ1v) is 4.08. The zero-order valence-electron chi connectivity index (χ0n) is 6.54. The Morgan fingerprint density at radius 2 is 2.18 bits per heavy atom. The van der Waals surface area contributed by atoms with Crippen LogP contribution in [0.5, 0.6) is 0 Å². The Kier molecular flexibility index (Phi) is 2.97. The van der Waals surface area contributed by atoms with Gasteiger partial charge in [0.2, 0.25) is 0 Å². The van der Waals surface area contributed by atoms with Crippen LogP contribution in [0.15, 0.2) is 23.1 Å². The van der Waals surface area contributed by atoms with Gasteiger partial charge in [-0.25, -0.2) is 0 Å². The number of benzene rings is 1. The molecular weight excluding hydrogens is 156 g/mol. The van der Waals surface area contributed by atoms with Gasteiger partial charge in [-0.15, -0.1) is 12.6 Å². The molecule has 0 aliphatic heterocycles. The summed E-state index contributed by atoms with van der Waals surface area (Å²) in [7, 11) is 0. The average Bonchev–Trinajstić information content (AvgIpc) is 1.99. The van der Waals surface area contributed by atoms with Gasteiger partial charge >= 0.3 is 0 Å². The van der Waals surface area contributed by atoms with Crippen LogP contribution in [0, 0.1) is 6.92 Å². The molecule has 0 heterocycles. The molecule has 0 bridgehead atoms. The number of rotatable bonds is 2. The molecule has 0 amide bonds. The van der Waals surface area contributed by atoms with Crippen LogP contribution in [0.25, 0.3) is 0 Å². The summed E-state index contributed by atoms with van der Waals surface area (Å²) in [5, 5.41) is 8.70. The number of hydrogen-bond acceptors (Lipinski definition) is 2. The molecule has 0 saturated heterocycles. The van der Waals surface area contributed by atoms with Gasteiger partial charge in [0.15, 0.2) is 0 Å². The van der Waals surface area contributed by atoms with Gasteiger partial charge in [0.25, 0.3) is 0 Å². The van der Waals surface area contributed by atoms with E-state index in [9.17, 15) is 0 Å². The maximum absolute atomic E-state index is 8.70. The van der Waals surface area contributed by atoms with Crippen LogP contribution in [-0.4, -0.2) is 11.7 Å². The molecule has 1 rings (SSSR count). The highest BCUT2D eigenvalue weighted by molar-refractivity contribution is 7.80. The van der Waals surface area contributed by atoms with Gasteiger partial charge in [0, 0.05) is 11.5 Å². The molecule has 1 aromatic rings. The molecule has 0 saturated carbocycles. The molecule has 0 atom stereocenters. The Labute approximate surface area is 72.5 Å². The van der Waals surface area contributed by atoms with E-state index in [-0.39, 0.29) is 6.61 Å². The van der Waals surface area contributed by atoms with Crippen molar-refractivity contribution >= 4 is 12.6 Å². The Morgan fingerprint density at radius 1 is 1.45 bits per heavy atom. The van der Waals surface area contributed by atoms with E-state index >= 15 is 0 Å². The zero-order chi connectivity index (χ0) is 8.27. The van der Waals surface area contributed by atoms with Gasteiger partial charge in [-0.3, -0.25) is 0 Å². The molecule has 0 aliphatic rings. The predicted molar refractivity (Wildman–Crippen MR) is 49.2 cm³/mol. The molecule has 1 aromatic carbocycles. The SMILES string of the molecule is Cc1cccc(CCO)c1S. The molecule has 0 unspecified atom stereocenters. The second-order valence-corrected chi connectivity index (χ2v) is 3.00. The van der Waals surface area contributed by atoms with Crippen LogP contribution in [0.1, 0.15) is 11.1 Å². The minimum Gasteiger partial charge on any atom is -0.396 e. The highest BCUT2D eigenvalue weighted by Crippen LogP contribution is 2.18. The fourth-order valence-electron chi connectivity index (χ4n) is 1.04. The fraction of sp³-hybridized carbons (Fsp3) is 0.333. The quantitative estimate of drug-likeness (QED) is 0.645. The van der Waals surface area contributed by atoms with Crippen molar-refractivity contribution in [3.05, 3.63) is 29.3 Å². The first kappa shape index (κ1) is 8.62. The molecule has 0 radical (unpaired) electrons. The summed E-state index contributed by atoms with van der Waals surface area (Å²) >= 11 is 4.33. The largest absolute Gasteiger partial charge is 0.396 e. The van der Waals surface area contributed by atoms with Crippen molar-refractivity contribution in [2.75, 3.05) is 6.61 Å². The van der Waals surface area contributed by atoms with Crippen molar-refractivity contribution in [3.63, 3.8) is 0 Å². The lowest BCUT2D eigenvalue weighted by molar-refractivity contribution is 0.299. The lowest BCUT2D eigenvalue weighted by atomic mass is 10.1. The highest BCUT2D eigenvalue weighted by Gasteiger charge is 1.99. The van der Waals surface area contributed by atoms with E-state index in [0.29, 0.717) is 6.42 Å². The average molecular weight is 168 g/mol. The van der Waals surface area contributed by atoms with E-state index < -0.39 is 0 Å². The number of aliphatic hydroxyl groups is 1. The minimum atomic E-state index is 0.191. The number of aliphatic hydroxyl groups excluding tert-OH is 1. The summed E-state index contributed by atoms with van der Waals surface area (Å²) in [4.78, 5) is 1.00. The molecule has 60 valence electrons. The summed E-state index contributed by atoms with van der Waals surface area (Å²) in [6.07, 6.45) is 0.695. The normalized spacial score (nSPS) is 10.1. The van der Waals surface area contributed by atoms with Crippen LogP contribution in [0.3, 0.4) is 0 Å². The molecule has 0 spiro atoms. The van der Waals surface area contributed by atoms with Crippen molar-refractivity contribution in [3.8, 4) is 0 Å². The topological polar surface area (TPSA) is 20.2 Å². The standard InChI is InChI=1S/C9H12OS/c1-7-3-2-4-8(5-6-10)9(7)11/h2-4,10-11H,5-6H2,1H3. The molecular formula is C9H12OS. The third-order valence-electron chi connectivity index (χ3n) is 1.70. The van der Waals surface area contributed by atoms with E-state index in [0.717, 1.165) is 10.5 Å². The first-order chi connectivity index (χ1) is 5.25. The van der Waals surface area contributed by atoms with E-state index in [4.69, 9.17) is 5.11 Å². The summed E-state index contributed by atoms with van der Waals surface area (Å²) in [5.41, 5.74) is 2.29. The monoisotopic (exact) mass is 168 g/mol. The lowest BCUT2D eigenvalue weighted by Crippen LogP contribution is -1.93. The van der Waals surface area contributed by atoms with Gasteiger partial charge in [-0.05, 0) is 24.5 Å². The van der Waals surface area contributed by atoms with Crippen LogP contribution in [-0.2, 0) is 6.42 Å². The van der Waals surface area contributed by atoms with Gasteiger partial charge in [-0.2, -0.15) is 0 Å². The third kappa shape index (κ3) is 1.98. The molecule has 1 N–H and O–H groups in total. The highest BCUT2D eigenvalue weighted by atomic mass is 32.1. The van der Waals surface area contributed by atoms with Gasteiger partial charge in [0.1, 0.15) is 0 Å². The summed E-state index contributed by atoms with van der Waals surface area (Å²) in [6.45, 7) is 2.21. The van der Waals surface area contributed by atoms with Crippen LogP contribution in [0.2, 0.25) is 0 Å². The van der Waals surface area contributed by atoms with E-state index in [2.05, 4.69) is 12.6 Å². The molecule has 1 nitrogen and oxygen atoms in total. The number of hydrogen-bond donors (Lipinski definition) is 2. The van der Waals surface area contributed by atoms with E-state index in [1.54, 1.807) is 0 Å². The fourth-order valence-corrected chi connectivity index (χ4v) is 1.30. The molecule has 2 heteroatoms. The third-order valence-corrected chi connectivity index (χ3v) is 2.34. The summed E-state index contributed by atoms with van der Waals surface area (Å²) in [5.74, 6) is 0. The van der Waals surface area contributed by atoms with E-state index in [1.165, 1.54) is 5.56 Å². The number of aryl methyl sites for hydroxylation is 1. The minimum absolute atomic E-state index is 0.191. The first-order valence-electron chi connectivity index (χ1n) is 3.64. The van der Waals surface area contributed by atoms with Crippen molar-refractivity contribution in [2.45, 2.75) is 18.2 Å². The molecule has 11 heavy (non-hydrogen) atoms. The Bertz CT molecular complexity index is 245. The van der Waals surface area contributed by atoms with Crippen molar-refractivity contribution in [1.82, 2.24) is 0 Å².